The van der Waals surface area contributed by atoms with Crippen molar-refractivity contribution in [3.63, 3.8) is 0 Å². The molecule has 0 spiro atoms. The van der Waals surface area contributed by atoms with E-state index in [0.717, 1.165) is 57.5 Å². The standard InChI is InChI=1S/C18H26N4O/c1-21-16-5-3-2-4-15(16)20-17(21)14-6-10-22(11-7-14)13-18(23)8-9-19-12-18/h2-5,14,19,23H,6-13H2,1H3/t18-/m1/s1. The summed E-state index contributed by atoms with van der Waals surface area (Å²) < 4.78 is 2.25. The quantitative estimate of drug-likeness (QED) is 0.901. The van der Waals surface area contributed by atoms with Crippen LogP contribution < -0.4 is 5.32 Å². The predicted octanol–water partition coefficient (Wildman–Crippen LogP) is 1.48. The summed E-state index contributed by atoms with van der Waals surface area (Å²) in [7, 11) is 2.13. The van der Waals surface area contributed by atoms with Gasteiger partial charge in [-0.2, -0.15) is 0 Å². The second-order valence-corrected chi connectivity index (χ2v) is 7.22. The molecule has 124 valence electrons. The number of fused-ring (bicyclic) bond motifs is 1. The molecule has 0 radical (unpaired) electrons. The first kappa shape index (κ1) is 15.1. The molecule has 2 aliphatic heterocycles. The Morgan fingerprint density at radius 2 is 2.09 bits per heavy atom. The second kappa shape index (κ2) is 5.89. The third kappa shape index (κ3) is 2.89. The molecule has 0 amide bonds. The van der Waals surface area contributed by atoms with E-state index in [-0.39, 0.29) is 0 Å². The van der Waals surface area contributed by atoms with Crippen LogP contribution in [-0.4, -0.2) is 57.9 Å². The highest BCUT2D eigenvalue weighted by atomic mass is 16.3. The Morgan fingerprint density at radius 3 is 2.78 bits per heavy atom. The molecule has 1 atom stereocenters. The summed E-state index contributed by atoms with van der Waals surface area (Å²) in [6.45, 7) is 4.58. The molecular formula is C18H26N4O. The Balaban J connectivity index is 1.43. The summed E-state index contributed by atoms with van der Waals surface area (Å²) in [5.41, 5.74) is 1.79. The van der Waals surface area contributed by atoms with Gasteiger partial charge in [0.15, 0.2) is 0 Å². The lowest BCUT2D eigenvalue weighted by Crippen LogP contribution is -2.47. The van der Waals surface area contributed by atoms with Crippen LogP contribution in [0.25, 0.3) is 11.0 Å². The van der Waals surface area contributed by atoms with E-state index in [1.54, 1.807) is 0 Å². The average Bonchev–Trinajstić information content (AvgIpc) is 3.13. The van der Waals surface area contributed by atoms with Gasteiger partial charge in [-0.25, -0.2) is 4.98 Å². The van der Waals surface area contributed by atoms with E-state index in [1.807, 2.05) is 0 Å². The second-order valence-electron chi connectivity index (χ2n) is 7.22. The molecule has 0 saturated carbocycles. The Bertz CT molecular complexity index is 681. The minimum atomic E-state index is -0.523. The van der Waals surface area contributed by atoms with Gasteiger partial charge in [0.2, 0.25) is 0 Å². The Kier molecular flexibility index (Phi) is 3.87. The van der Waals surface area contributed by atoms with Gasteiger partial charge in [-0.1, -0.05) is 12.1 Å². The number of para-hydroxylation sites is 2. The van der Waals surface area contributed by atoms with E-state index < -0.39 is 5.60 Å². The van der Waals surface area contributed by atoms with Gasteiger partial charge in [0.25, 0.3) is 0 Å². The SMILES string of the molecule is Cn1c(C2CCN(C[C@@]3(O)CCNC3)CC2)nc2ccccc21. The smallest absolute Gasteiger partial charge is 0.112 e. The Morgan fingerprint density at radius 1 is 1.30 bits per heavy atom. The highest BCUT2D eigenvalue weighted by molar-refractivity contribution is 5.75. The van der Waals surface area contributed by atoms with Crippen molar-refractivity contribution >= 4 is 11.0 Å². The van der Waals surface area contributed by atoms with Gasteiger partial charge < -0.3 is 19.9 Å². The van der Waals surface area contributed by atoms with Crippen molar-refractivity contribution in [2.75, 3.05) is 32.7 Å². The number of likely N-dealkylation sites (tertiary alicyclic amines) is 1. The molecule has 0 bridgehead atoms. The van der Waals surface area contributed by atoms with Crippen molar-refractivity contribution in [2.45, 2.75) is 30.8 Å². The predicted molar refractivity (Wildman–Crippen MR) is 91.6 cm³/mol. The number of nitrogens with one attached hydrogen (secondary N) is 1. The fourth-order valence-corrected chi connectivity index (χ4v) is 4.16. The zero-order valence-corrected chi connectivity index (χ0v) is 13.8. The minimum Gasteiger partial charge on any atom is -0.387 e. The van der Waals surface area contributed by atoms with Crippen molar-refractivity contribution < 1.29 is 5.11 Å². The molecule has 5 heteroatoms. The van der Waals surface area contributed by atoms with Gasteiger partial charge >= 0.3 is 0 Å². The van der Waals surface area contributed by atoms with Crippen molar-refractivity contribution in [1.82, 2.24) is 19.8 Å². The van der Waals surface area contributed by atoms with Gasteiger partial charge in [-0.15, -0.1) is 0 Å². The van der Waals surface area contributed by atoms with E-state index in [2.05, 4.69) is 46.1 Å². The molecule has 2 aromatic rings. The highest BCUT2D eigenvalue weighted by Gasteiger charge is 2.34. The third-order valence-corrected chi connectivity index (χ3v) is 5.51. The van der Waals surface area contributed by atoms with Crippen LogP contribution in [0, 0.1) is 0 Å². The monoisotopic (exact) mass is 314 g/mol. The first-order valence-electron chi connectivity index (χ1n) is 8.71. The fourth-order valence-electron chi connectivity index (χ4n) is 4.16. The molecule has 1 aromatic heterocycles. The summed E-state index contributed by atoms with van der Waals surface area (Å²) in [6.07, 6.45) is 3.12. The summed E-state index contributed by atoms with van der Waals surface area (Å²) in [5, 5.41) is 13.8. The highest BCUT2D eigenvalue weighted by Crippen LogP contribution is 2.30. The van der Waals surface area contributed by atoms with Crippen LogP contribution in [0.1, 0.15) is 31.0 Å². The number of nitrogens with zero attached hydrogens (tertiary/aromatic N) is 3. The molecule has 0 aliphatic carbocycles. The van der Waals surface area contributed by atoms with Gasteiger partial charge in [0.1, 0.15) is 5.82 Å². The fraction of sp³-hybridized carbons (Fsp3) is 0.611. The minimum absolute atomic E-state index is 0.523. The van der Waals surface area contributed by atoms with E-state index in [1.165, 1.54) is 11.3 Å². The van der Waals surface area contributed by atoms with Crippen LogP contribution in [0.5, 0.6) is 0 Å². The third-order valence-electron chi connectivity index (χ3n) is 5.51. The molecule has 2 aliphatic rings. The number of aryl methyl sites for hydroxylation is 1. The molecule has 0 unspecified atom stereocenters. The van der Waals surface area contributed by atoms with Crippen molar-refractivity contribution in [1.29, 1.82) is 0 Å². The lowest BCUT2D eigenvalue weighted by molar-refractivity contribution is 0.0135. The number of rotatable bonds is 3. The van der Waals surface area contributed by atoms with E-state index in [0.29, 0.717) is 5.92 Å². The molecule has 23 heavy (non-hydrogen) atoms. The van der Waals surface area contributed by atoms with Gasteiger partial charge in [-0.05, 0) is 51.0 Å². The number of hydrogen-bond acceptors (Lipinski definition) is 4. The summed E-state index contributed by atoms with van der Waals surface area (Å²) in [6, 6.07) is 8.37. The first-order valence-corrected chi connectivity index (χ1v) is 8.71. The van der Waals surface area contributed by atoms with Crippen molar-refractivity contribution in [2.24, 2.45) is 7.05 Å². The van der Waals surface area contributed by atoms with Crippen LogP contribution in [-0.2, 0) is 7.05 Å². The lowest BCUT2D eigenvalue weighted by atomic mass is 9.94. The number of β-amino-alcohol motifs (C(OH)–C–C–N with tert-alkyl or cyclic N) is 1. The van der Waals surface area contributed by atoms with Crippen LogP contribution in [0.4, 0.5) is 0 Å². The molecule has 4 rings (SSSR count). The molecule has 1 aromatic carbocycles. The molecule has 2 fully saturated rings. The summed E-state index contributed by atoms with van der Waals surface area (Å²) in [5.74, 6) is 1.74. The average molecular weight is 314 g/mol. The Labute approximate surface area is 137 Å². The zero-order chi connectivity index (χ0) is 15.9. The summed E-state index contributed by atoms with van der Waals surface area (Å²) >= 11 is 0. The van der Waals surface area contributed by atoms with Crippen LogP contribution in [0.3, 0.4) is 0 Å². The molecule has 2 saturated heterocycles. The lowest BCUT2D eigenvalue weighted by Gasteiger charge is -2.36. The first-order chi connectivity index (χ1) is 11.1. The topological polar surface area (TPSA) is 53.3 Å². The molecular weight excluding hydrogens is 288 g/mol. The van der Waals surface area contributed by atoms with Crippen molar-refractivity contribution in [3.05, 3.63) is 30.1 Å². The number of imidazole rings is 1. The summed E-state index contributed by atoms with van der Waals surface area (Å²) in [4.78, 5) is 7.29. The maximum atomic E-state index is 10.5. The Hall–Kier alpha value is -1.43. The van der Waals surface area contributed by atoms with Crippen LogP contribution in [0.15, 0.2) is 24.3 Å². The van der Waals surface area contributed by atoms with Crippen LogP contribution >= 0.6 is 0 Å². The number of benzene rings is 1. The van der Waals surface area contributed by atoms with Crippen LogP contribution in [0.2, 0.25) is 0 Å². The molecule has 5 nitrogen and oxygen atoms in total. The normalized spacial score (nSPS) is 27.0. The van der Waals surface area contributed by atoms with Gasteiger partial charge in [-0.3, -0.25) is 0 Å². The molecule has 2 N–H and O–H groups in total. The molecule has 3 heterocycles. The zero-order valence-electron chi connectivity index (χ0n) is 13.8. The number of aromatic nitrogens is 2. The number of piperidine rings is 1. The largest absolute Gasteiger partial charge is 0.387 e. The van der Waals surface area contributed by atoms with Gasteiger partial charge in [0.05, 0.1) is 16.6 Å². The van der Waals surface area contributed by atoms with Crippen molar-refractivity contribution in [3.8, 4) is 0 Å². The number of aliphatic hydroxyl groups is 1. The van der Waals surface area contributed by atoms with E-state index >= 15 is 0 Å². The van der Waals surface area contributed by atoms with E-state index in [9.17, 15) is 5.11 Å². The maximum Gasteiger partial charge on any atom is 0.112 e. The number of hydrogen-bond donors (Lipinski definition) is 2. The van der Waals surface area contributed by atoms with E-state index in [4.69, 9.17) is 4.98 Å². The maximum absolute atomic E-state index is 10.5. The van der Waals surface area contributed by atoms with Gasteiger partial charge in [0, 0.05) is 26.1 Å².